The molecular weight excluding hydrogens is 180 g/mol. The molecule has 0 saturated carbocycles. The van der Waals surface area contributed by atoms with Crippen molar-refractivity contribution >= 4 is 5.97 Å². The zero-order chi connectivity index (χ0) is 10.4. The summed E-state index contributed by atoms with van der Waals surface area (Å²) in [5.41, 5.74) is 3.47. The number of benzene rings is 1. The monoisotopic (exact) mass is 194 g/mol. The van der Waals surface area contributed by atoms with Crippen molar-refractivity contribution in [2.75, 3.05) is 7.11 Å². The number of nitrogens with one attached hydrogen (secondary N) is 1. The van der Waals surface area contributed by atoms with E-state index in [4.69, 9.17) is 5.84 Å². The van der Waals surface area contributed by atoms with E-state index in [-0.39, 0.29) is 5.97 Å². The maximum atomic E-state index is 11.2. The van der Waals surface area contributed by atoms with Gasteiger partial charge in [-0.3, -0.25) is 10.6 Å². The summed E-state index contributed by atoms with van der Waals surface area (Å²) >= 11 is 0. The van der Waals surface area contributed by atoms with Crippen LogP contribution in [0.4, 0.5) is 0 Å². The van der Waals surface area contributed by atoms with Crippen molar-refractivity contribution < 1.29 is 9.53 Å². The molecule has 1 aromatic carbocycles. The lowest BCUT2D eigenvalue weighted by atomic mass is 10.1. The third-order valence-corrected chi connectivity index (χ3v) is 1.97. The minimum absolute atomic E-state index is 0.351. The summed E-state index contributed by atoms with van der Waals surface area (Å²) in [4.78, 5) is 11.2. The lowest BCUT2D eigenvalue weighted by Crippen LogP contribution is -2.43. The number of carbonyl (C=O) groups is 1. The first-order valence-corrected chi connectivity index (χ1v) is 4.36. The van der Waals surface area contributed by atoms with Crippen molar-refractivity contribution in [3.05, 3.63) is 35.9 Å². The number of rotatable bonds is 4. The maximum absolute atomic E-state index is 11.2. The fraction of sp³-hybridized carbons (Fsp3) is 0.300. The molecule has 4 nitrogen and oxygen atoms in total. The zero-order valence-electron chi connectivity index (χ0n) is 8.07. The van der Waals surface area contributed by atoms with E-state index < -0.39 is 6.04 Å². The summed E-state index contributed by atoms with van der Waals surface area (Å²) in [7, 11) is 1.34. The van der Waals surface area contributed by atoms with Crippen LogP contribution in [0.1, 0.15) is 5.56 Å². The molecule has 0 unspecified atom stereocenters. The summed E-state index contributed by atoms with van der Waals surface area (Å²) < 4.78 is 4.59. The standard InChI is InChI=1S/C10H14N2O2/c1-14-10(13)9(12-11)7-8-5-3-2-4-6-8/h2-6,9,12H,7,11H2,1H3/t9-/m1/s1. The van der Waals surface area contributed by atoms with E-state index in [1.54, 1.807) is 0 Å². The van der Waals surface area contributed by atoms with Crippen LogP contribution in [0.25, 0.3) is 0 Å². The van der Waals surface area contributed by atoms with Gasteiger partial charge in [-0.25, -0.2) is 5.43 Å². The van der Waals surface area contributed by atoms with Crippen molar-refractivity contribution in [1.82, 2.24) is 5.43 Å². The zero-order valence-corrected chi connectivity index (χ0v) is 8.07. The predicted molar refractivity (Wildman–Crippen MR) is 53.3 cm³/mol. The summed E-state index contributed by atoms with van der Waals surface area (Å²) in [6, 6.07) is 9.15. The Morgan fingerprint density at radius 2 is 2.14 bits per heavy atom. The van der Waals surface area contributed by atoms with Crippen molar-refractivity contribution in [1.29, 1.82) is 0 Å². The lowest BCUT2D eigenvalue weighted by molar-refractivity contribution is -0.143. The number of carbonyl (C=O) groups excluding carboxylic acids is 1. The molecule has 0 heterocycles. The molecule has 1 atom stereocenters. The number of methoxy groups -OCH3 is 1. The van der Waals surface area contributed by atoms with Gasteiger partial charge in [0.05, 0.1) is 7.11 Å². The minimum atomic E-state index is -0.484. The summed E-state index contributed by atoms with van der Waals surface area (Å²) in [5.74, 6) is 4.90. The average molecular weight is 194 g/mol. The Bertz CT molecular complexity index is 287. The number of hydrogen-bond acceptors (Lipinski definition) is 4. The van der Waals surface area contributed by atoms with Crippen LogP contribution in [-0.4, -0.2) is 19.1 Å². The highest BCUT2D eigenvalue weighted by molar-refractivity contribution is 5.75. The minimum Gasteiger partial charge on any atom is -0.468 e. The van der Waals surface area contributed by atoms with Crippen LogP contribution < -0.4 is 11.3 Å². The molecule has 0 amide bonds. The number of nitrogens with two attached hydrogens (primary N) is 1. The number of ether oxygens (including phenoxy) is 1. The molecule has 4 heteroatoms. The average Bonchev–Trinajstić information content (AvgIpc) is 2.26. The van der Waals surface area contributed by atoms with Crippen molar-refractivity contribution in [2.45, 2.75) is 12.5 Å². The third kappa shape index (κ3) is 2.83. The van der Waals surface area contributed by atoms with Crippen LogP contribution in [0.15, 0.2) is 30.3 Å². The van der Waals surface area contributed by atoms with Gasteiger partial charge in [0.15, 0.2) is 0 Å². The molecule has 0 saturated heterocycles. The number of hydrazine groups is 1. The first kappa shape index (κ1) is 10.7. The number of hydrogen-bond donors (Lipinski definition) is 2. The van der Waals surface area contributed by atoms with E-state index in [9.17, 15) is 4.79 Å². The lowest BCUT2D eigenvalue weighted by Gasteiger charge is -2.12. The first-order valence-electron chi connectivity index (χ1n) is 4.36. The topological polar surface area (TPSA) is 64.3 Å². The fourth-order valence-electron chi connectivity index (χ4n) is 1.20. The van der Waals surface area contributed by atoms with Crippen LogP contribution in [-0.2, 0) is 16.0 Å². The van der Waals surface area contributed by atoms with Gasteiger partial charge in [-0.15, -0.1) is 0 Å². The molecule has 14 heavy (non-hydrogen) atoms. The van der Waals surface area contributed by atoms with E-state index in [1.807, 2.05) is 30.3 Å². The molecule has 0 aliphatic rings. The van der Waals surface area contributed by atoms with Gasteiger partial charge < -0.3 is 4.74 Å². The molecular formula is C10H14N2O2. The normalized spacial score (nSPS) is 12.1. The molecule has 76 valence electrons. The first-order chi connectivity index (χ1) is 6.77. The molecule has 0 radical (unpaired) electrons. The highest BCUT2D eigenvalue weighted by Gasteiger charge is 2.17. The van der Waals surface area contributed by atoms with Crippen LogP contribution in [0.5, 0.6) is 0 Å². The van der Waals surface area contributed by atoms with Gasteiger partial charge in [0.1, 0.15) is 6.04 Å². The second-order valence-corrected chi connectivity index (χ2v) is 2.93. The van der Waals surface area contributed by atoms with Gasteiger partial charge in [-0.05, 0) is 12.0 Å². The molecule has 0 aliphatic heterocycles. The van der Waals surface area contributed by atoms with E-state index in [0.29, 0.717) is 6.42 Å². The molecule has 0 aliphatic carbocycles. The molecule has 0 spiro atoms. The highest BCUT2D eigenvalue weighted by Crippen LogP contribution is 2.03. The van der Waals surface area contributed by atoms with E-state index >= 15 is 0 Å². The smallest absolute Gasteiger partial charge is 0.324 e. The Morgan fingerprint density at radius 3 is 2.64 bits per heavy atom. The van der Waals surface area contributed by atoms with Gasteiger partial charge in [0.2, 0.25) is 0 Å². The van der Waals surface area contributed by atoms with Crippen LogP contribution in [0.2, 0.25) is 0 Å². The molecule has 1 rings (SSSR count). The van der Waals surface area contributed by atoms with Gasteiger partial charge in [-0.1, -0.05) is 30.3 Å². The second kappa shape index (κ2) is 5.36. The Morgan fingerprint density at radius 1 is 1.50 bits per heavy atom. The molecule has 1 aromatic rings. The Hall–Kier alpha value is -1.39. The number of esters is 1. The molecule has 0 bridgehead atoms. The largest absolute Gasteiger partial charge is 0.468 e. The van der Waals surface area contributed by atoms with Crippen molar-refractivity contribution in [3.63, 3.8) is 0 Å². The summed E-state index contributed by atoms with van der Waals surface area (Å²) in [6.07, 6.45) is 0.532. The van der Waals surface area contributed by atoms with Crippen LogP contribution >= 0.6 is 0 Å². The van der Waals surface area contributed by atoms with Crippen molar-refractivity contribution in [2.24, 2.45) is 5.84 Å². The Balaban J connectivity index is 2.62. The summed E-state index contributed by atoms with van der Waals surface area (Å²) in [6.45, 7) is 0. The predicted octanol–water partition coefficient (Wildman–Crippen LogP) is 0.234. The Kier molecular flexibility index (Phi) is 4.10. The quantitative estimate of drug-likeness (QED) is 0.409. The van der Waals surface area contributed by atoms with Gasteiger partial charge in [0, 0.05) is 0 Å². The van der Waals surface area contributed by atoms with E-state index in [1.165, 1.54) is 7.11 Å². The Labute approximate surface area is 83.0 Å². The molecule has 0 aromatic heterocycles. The van der Waals surface area contributed by atoms with E-state index in [0.717, 1.165) is 5.56 Å². The third-order valence-electron chi connectivity index (χ3n) is 1.97. The van der Waals surface area contributed by atoms with Crippen LogP contribution in [0, 0.1) is 0 Å². The van der Waals surface area contributed by atoms with Gasteiger partial charge in [0.25, 0.3) is 0 Å². The van der Waals surface area contributed by atoms with Crippen molar-refractivity contribution in [3.8, 4) is 0 Å². The van der Waals surface area contributed by atoms with E-state index in [2.05, 4.69) is 10.2 Å². The highest BCUT2D eigenvalue weighted by atomic mass is 16.5. The second-order valence-electron chi connectivity index (χ2n) is 2.93. The molecule has 0 fully saturated rings. The fourth-order valence-corrected chi connectivity index (χ4v) is 1.20. The SMILES string of the molecule is COC(=O)[C@@H](Cc1ccccc1)NN. The van der Waals surface area contributed by atoms with Gasteiger partial charge >= 0.3 is 5.97 Å². The van der Waals surface area contributed by atoms with Gasteiger partial charge in [-0.2, -0.15) is 0 Å². The van der Waals surface area contributed by atoms with Crippen LogP contribution in [0.3, 0.4) is 0 Å². The maximum Gasteiger partial charge on any atom is 0.324 e. The molecule has 3 N–H and O–H groups in total. The summed E-state index contributed by atoms with van der Waals surface area (Å²) in [5, 5.41) is 0.